The molecule has 0 amide bonds. The van der Waals surface area contributed by atoms with Gasteiger partial charge in [-0.05, 0) is 60.2 Å². The van der Waals surface area contributed by atoms with Crippen molar-refractivity contribution in [2.24, 2.45) is 0 Å². The molecule has 8 nitrogen and oxygen atoms in total. The van der Waals surface area contributed by atoms with Gasteiger partial charge in [-0.15, -0.1) is 0 Å². The molecule has 1 fully saturated rings. The quantitative estimate of drug-likeness (QED) is 0.405. The number of sulfonamides is 1. The lowest BCUT2D eigenvalue weighted by Gasteiger charge is -2.24. The summed E-state index contributed by atoms with van der Waals surface area (Å²) in [5.74, 6) is 0.257. The Hall–Kier alpha value is -3.02. The van der Waals surface area contributed by atoms with Crippen LogP contribution in [0.25, 0.3) is 6.08 Å². The van der Waals surface area contributed by atoms with Crippen LogP contribution in [-0.4, -0.2) is 35.5 Å². The molecule has 1 aliphatic heterocycles. The first kappa shape index (κ1) is 22.2. The van der Waals surface area contributed by atoms with Crippen molar-refractivity contribution in [3.05, 3.63) is 89.3 Å². The number of thioether (sulfide) groups is 1. The van der Waals surface area contributed by atoms with Crippen molar-refractivity contribution in [1.82, 2.24) is 5.32 Å². The van der Waals surface area contributed by atoms with Crippen molar-refractivity contribution >= 4 is 33.5 Å². The molecule has 0 bridgehead atoms. The van der Waals surface area contributed by atoms with Crippen LogP contribution >= 0.6 is 11.8 Å². The van der Waals surface area contributed by atoms with E-state index >= 15 is 0 Å². The van der Waals surface area contributed by atoms with Crippen LogP contribution in [0.4, 0.5) is 5.69 Å². The number of phenolic OH excluding ortho intramolecular Hbond substituents is 1. The minimum atomic E-state index is -4.06. The summed E-state index contributed by atoms with van der Waals surface area (Å²) in [6.45, 7) is 0. The van der Waals surface area contributed by atoms with Gasteiger partial charge in [0.15, 0.2) is 11.3 Å². The van der Waals surface area contributed by atoms with Crippen LogP contribution in [0.3, 0.4) is 0 Å². The maximum Gasteiger partial charge on any atom is 0.295 e. The molecule has 4 rings (SSSR count). The third kappa shape index (κ3) is 4.90. The summed E-state index contributed by atoms with van der Waals surface area (Å²) in [6, 6.07) is 20.1. The first-order valence-corrected chi connectivity index (χ1v) is 11.8. The van der Waals surface area contributed by atoms with Gasteiger partial charge >= 0.3 is 0 Å². The molecule has 2 atom stereocenters. The first-order valence-electron chi connectivity index (χ1n) is 9.51. The van der Waals surface area contributed by atoms with E-state index in [0.29, 0.717) is 4.91 Å². The molecular weight excluding hydrogens is 452 g/mol. The monoisotopic (exact) mass is 472 g/mol. The second kappa shape index (κ2) is 9.23. The van der Waals surface area contributed by atoms with E-state index in [1.165, 1.54) is 36.4 Å². The second-order valence-corrected chi connectivity index (χ2v) is 9.71. The zero-order valence-corrected chi connectivity index (χ0v) is 18.2. The van der Waals surface area contributed by atoms with E-state index in [-0.39, 0.29) is 22.1 Å². The molecule has 0 spiro atoms. The fourth-order valence-electron chi connectivity index (χ4n) is 2.95. The van der Waals surface area contributed by atoms with Crippen LogP contribution < -0.4 is 14.6 Å². The molecular formula is C22H20N2O6S2. The number of benzene rings is 3. The molecule has 2 unspecified atom stereocenters. The standard InChI is InChI=1S/C22H20N2O6S2/c25-17-10-8-16(9-11-17)24(32(28,29)19-4-2-1-3-5-19)30-18-12-6-15(7-13-18)14-20-21(26)23-22(27)31-20/h1-14,21-23,25-27H/b20-14-. The highest BCUT2D eigenvalue weighted by atomic mass is 32.2. The van der Waals surface area contributed by atoms with E-state index in [1.54, 1.807) is 48.5 Å². The van der Waals surface area contributed by atoms with Gasteiger partial charge in [-0.25, -0.2) is 0 Å². The van der Waals surface area contributed by atoms with Gasteiger partial charge in [-0.3, -0.25) is 5.32 Å². The SMILES string of the molecule is O=S(=O)(c1ccccc1)N(Oc1ccc(/C=C2\SC(O)NC2O)cc1)c1ccc(O)cc1. The summed E-state index contributed by atoms with van der Waals surface area (Å²) in [6.07, 6.45) is 0.757. The molecule has 4 N–H and O–H groups in total. The smallest absolute Gasteiger partial charge is 0.295 e. The van der Waals surface area contributed by atoms with Gasteiger partial charge in [-0.1, -0.05) is 46.6 Å². The van der Waals surface area contributed by atoms with Crippen molar-refractivity contribution in [3.8, 4) is 11.5 Å². The van der Waals surface area contributed by atoms with Gasteiger partial charge in [-0.2, -0.15) is 8.42 Å². The van der Waals surface area contributed by atoms with Crippen molar-refractivity contribution in [2.75, 3.05) is 4.47 Å². The molecule has 3 aromatic carbocycles. The Balaban J connectivity index is 1.63. The van der Waals surface area contributed by atoms with Crippen LogP contribution in [-0.2, 0) is 10.0 Å². The molecule has 3 aromatic rings. The van der Waals surface area contributed by atoms with Crippen LogP contribution in [0.2, 0.25) is 0 Å². The number of aliphatic hydroxyl groups is 2. The Morgan fingerprint density at radius 3 is 2.19 bits per heavy atom. The highest BCUT2D eigenvalue weighted by Gasteiger charge is 2.28. The van der Waals surface area contributed by atoms with Crippen molar-refractivity contribution in [2.45, 2.75) is 16.7 Å². The molecule has 0 aliphatic carbocycles. The molecule has 1 heterocycles. The zero-order valence-electron chi connectivity index (χ0n) is 16.6. The number of hydrogen-bond donors (Lipinski definition) is 4. The largest absolute Gasteiger partial charge is 0.508 e. The number of phenols is 1. The topological polar surface area (TPSA) is 119 Å². The Labute approximate surface area is 189 Å². The number of nitrogens with one attached hydrogen (secondary N) is 1. The van der Waals surface area contributed by atoms with E-state index in [1.807, 2.05) is 0 Å². The van der Waals surface area contributed by atoms with Gasteiger partial charge in [0.2, 0.25) is 0 Å². The normalized spacial score (nSPS) is 19.8. The van der Waals surface area contributed by atoms with Crippen LogP contribution in [0.15, 0.2) is 88.7 Å². The fraction of sp³-hybridized carbons (Fsp3) is 0.0909. The first-order chi connectivity index (χ1) is 15.3. The zero-order chi connectivity index (χ0) is 22.7. The Morgan fingerprint density at radius 1 is 0.938 bits per heavy atom. The molecule has 32 heavy (non-hydrogen) atoms. The van der Waals surface area contributed by atoms with Crippen molar-refractivity contribution in [1.29, 1.82) is 0 Å². The predicted molar refractivity (Wildman–Crippen MR) is 122 cm³/mol. The maximum absolute atomic E-state index is 13.3. The second-order valence-electron chi connectivity index (χ2n) is 6.81. The third-order valence-electron chi connectivity index (χ3n) is 4.51. The molecule has 10 heteroatoms. The molecule has 166 valence electrons. The maximum atomic E-state index is 13.3. The van der Waals surface area contributed by atoms with Crippen LogP contribution in [0.1, 0.15) is 5.56 Å². The summed E-state index contributed by atoms with van der Waals surface area (Å²) < 4.78 is 27.3. The number of aliphatic hydroxyl groups excluding tert-OH is 2. The van der Waals surface area contributed by atoms with Crippen LogP contribution in [0, 0.1) is 0 Å². The van der Waals surface area contributed by atoms with Crippen LogP contribution in [0.5, 0.6) is 11.5 Å². The van der Waals surface area contributed by atoms with E-state index in [0.717, 1.165) is 21.8 Å². The number of nitrogens with zero attached hydrogens (tertiary/aromatic N) is 1. The Bertz CT molecular complexity index is 1200. The van der Waals surface area contributed by atoms with Gasteiger partial charge < -0.3 is 20.2 Å². The summed E-state index contributed by atoms with van der Waals surface area (Å²) in [4.78, 5) is 6.37. The lowest BCUT2D eigenvalue weighted by atomic mass is 10.2. The number of anilines is 1. The molecule has 0 radical (unpaired) electrons. The van der Waals surface area contributed by atoms with Crippen molar-refractivity contribution < 1.29 is 28.6 Å². The highest BCUT2D eigenvalue weighted by molar-refractivity contribution is 8.03. The number of aromatic hydroxyl groups is 1. The van der Waals surface area contributed by atoms with E-state index in [4.69, 9.17) is 4.84 Å². The van der Waals surface area contributed by atoms with E-state index in [2.05, 4.69) is 5.32 Å². The molecule has 0 saturated carbocycles. The molecule has 1 aliphatic rings. The molecule has 0 aromatic heterocycles. The van der Waals surface area contributed by atoms with E-state index in [9.17, 15) is 23.7 Å². The van der Waals surface area contributed by atoms with Gasteiger partial charge in [0.1, 0.15) is 12.0 Å². The predicted octanol–water partition coefficient (Wildman–Crippen LogP) is 2.85. The summed E-state index contributed by atoms with van der Waals surface area (Å²) >= 11 is 1.10. The van der Waals surface area contributed by atoms with Gasteiger partial charge in [0.25, 0.3) is 10.0 Å². The summed E-state index contributed by atoms with van der Waals surface area (Å²) in [5.41, 5.74) is 0.0706. The van der Waals surface area contributed by atoms with Gasteiger partial charge in [0.05, 0.1) is 10.6 Å². The van der Waals surface area contributed by atoms with Gasteiger partial charge in [0, 0.05) is 4.91 Å². The average Bonchev–Trinajstić information content (AvgIpc) is 3.11. The number of rotatable bonds is 6. The van der Waals surface area contributed by atoms with Crippen molar-refractivity contribution in [3.63, 3.8) is 0 Å². The lowest BCUT2D eigenvalue weighted by molar-refractivity contribution is 0.127. The Kier molecular flexibility index (Phi) is 6.40. The summed E-state index contributed by atoms with van der Waals surface area (Å²) in [5, 5.41) is 31.5. The summed E-state index contributed by atoms with van der Waals surface area (Å²) in [7, 11) is -4.06. The molecule has 1 saturated heterocycles. The Morgan fingerprint density at radius 2 is 1.59 bits per heavy atom. The fourth-order valence-corrected chi connectivity index (χ4v) is 5.08. The average molecular weight is 473 g/mol. The minimum Gasteiger partial charge on any atom is -0.508 e. The number of hydrogen-bond acceptors (Lipinski definition) is 8. The lowest BCUT2D eigenvalue weighted by Crippen LogP contribution is -2.34. The minimum absolute atomic E-state index is 0.00484. The van der Waals surface area contributed by atoms with E-state index < -0.39 is 21.8 Å². The third-order valence-corrected chi connectivity index (χ3v) is 7.08. The highest BCUT2D eigenvalue weighted by Crippen LogP contribution is 2.31.